The maximum atomic E-state index is 11.7. The van der Waals surface area contributed by atoms with Gasteiger partial charge in [-0.3, -0.25) is 9.69 Å². The van der Waals surface area contributed by atoms with Gasteiger partial charge in [0.15, 0.2) is 5.82 Å². The van der Waals surface area contributed by atoms with Crippen molar-refractivity contribution in [3.05, 3.63) is 11.7 Å². The van der Waals surface area contributed by atoms with Crippen LogP contribution in [0.3, 0.4) is 0 Å². The van der Waals surface area contributed by atoms with Crippen LogP contribution in [-0.4, -0.2) is 38.2 Å². The fourth-order valence-corrected chi connectivity index (χ4v) is 3.05. The summed E-state index contributed by atoms with van der Waals surface area (Å²) in [5.41, 5.74) is -0.756. The Morgan fingerprint density at radius 3 is 2.90 bits per heavy atom. The molecular weight excluding hydrogens is 258 g/mol. The SMILES string of the molecule is CCCc1noc(CN2CCCC2(CCC)C(=O)O)n1. The van der Waals surface area contributed by atoms with E-state index >= 15 is 0 Å². The average Bonchev–Trinajstić information content (AvgIpc) is 3.00. The van der Waals surface area contributed by atoms with Gasteiger partial charge in [-0.25, -0.2) is 0 Å². The molecule has 1 fully saturated rings. The first kappa shape index (κ1) is 15.0. The molecule has 0 radical (unpaired) electrons. The number of carboxylic acids is 1. The normalized spacial score (nSPS) is 23.3. The third kappa shape index (κ3) is 2.85. The van der Waals surface area contributed by atoms with Crippen LogP contribution in [0.2, 0.25) is 0 Å². The monoisotopic (exact) mass is 281 g/mol. The van der Waals surface area contributed by atoms with Gasteiger partial charge < -0.3 is 9.63 Å². The summed E-state index contributed by atoms with van der Waals surface area (Å²) < 4.78 is 5.23. The van der Waals surface area contributed by atoms with Gasteiger partial charge in [-0.2, -0.15) is 4.98 Å². The van der Waals surface area contributed by atoms with Crippen LogP contribution in [0.15, 0.2) is 4.52 Å². The first-order chi connectivity index (χ1) is 9.62. The maximum Gasteiger partial charge on any atom is 0.324 e. The highest BCUT2D eigenvalue weighted by Gasteiger charge is 2.47. The molecule has 0 saturated carbocycles. The Balaban J connectivity index is 2.11. The molecule has 1 aliphatic heterocycles. The highest BCUT2D eigenvalue weighted by molar-refractivity contribution is 5.79. The Morgan fingerprint density at radius 1 is 1.45 bits per heavy atom. The van der Waals surface area contributed by atoms with Crippen LogP contribution in [0.4, 0.5) is 0 Å². The van der Waals surface area contributed by atoms with Crippen molar-refractivity contribution < 1.29 is 14.4 Å². The summed E-state index contributed by atoms with van der Waals surface area (Å²) in [6.45, 7) is 5.29. The molecule has 0 aromatic carbocycles. The zero-order valence-electron chi connectivity index (χ0n) is 12.3. The first-order valence-corrected chi connectivity index (χ1v) is 7.42. The number of aryl methyl sites for hydroxylation is 1. The minimum absolute atomic E-state index is 0.434. The summed E-state index contributed by atoms with van der Waals surface area (Å²) in [7, 11) is 0. The maximum absolute atomic E-state index is 11.7. The molecule has 1 aromatic heterocycles. The van der Waals surface area contributed by atoms with Crippen molar-refractivity contribution in [2.45, 2.75) is 64.5 Å². The van der Waals surface area contributed by atoms with Gasteiger partial charge in [0.25, 0.3) is 0 Å². The van der Waals surface area contributed by atoms with Gasteiger partial charge in [-0.15, -0.1) is 0 Å². The van der Waals surface area contributed by atoms with Crippen LogP contribution < -0.4 is 0 Å². The number of carboxylic acid groups (broad SMARTS) is 1. The summed E-state index contributed by atoms with van der Waals surface area (Å²) in [5, 5.41) is 13.6. The van der Waals surface area contributed by atoms with Gasteiger partial charge in [0.1, 0.15) is 5.54 Å². The van der Waals surface area contributed by atoms with Crippen molar-refractivity contribution in [1.82, 2.24) is 15.0 Å². The van der Waals surface area contributed by atoms with Crippen LogP contribution in [0.5, 0.6) is 0 Å². The number of likely N-dealkylation sites (tertiary alicyclic amines) is 1. The molecule has 1 aliphatic rings. The molecule has 6 nitrogen and oxygen atoms in total. The number of aromatic nitrogens is 2. The van der Waals surface area contributed by atoms with Crippen molar-refractivity contribution in [2.24, 2.45) is 0 Å². The molecule has 6 heteroatoms. The Bertz CT molecular complexity index is 460. The molecule has 1 unspecified atom stereocenters. The van der Waals surface area contributed by atoms with Gasteiger partial charge >= 0.3 is 5.97 Å². The van der Waals surface area contributed by atoms with Crippen LogP contribution in [0.25, 0.3) is 0 Å². The van der Waals surface area contributed by atoms with Gasteiger partial charge in [-0.05, 0) is 32.2 Å². The first-order valence-electron chi connectivity index (χ1n) is 7.42. The van der Waals surface area contributed by atoms with Crippen molar-refractivity contribution in [3.63, 3.8) is 0 Å². The van der Waals surface area contributed by atoms with E-state index in [1.807, 2.05) is 11.8 Å². The largest absolute Gasteiger partial charge is 0.480 e. The lowest BCUT2D eigenvalue weighted by atomic mass is 9.90. The second-order valence-electron chi connectivity index (χ2n) is 5.47. The molecule has 0 spiro atoms. The minimum atomic E-state index is -0.756. The topological polar surface area (TPSA) is 79.5 Å². The van der Waals surface area contributed by atoms with Gasteiger partial charge in [0, 0.05) is 6.42 Å². The summed E-state index contributed by atoms with van der Waals surface area (Å²) in [5.74, 6) is 0.500. The zero-order chi connectivity index (χ0) is 14.6. The Labute approximate surface area is 119 Å². The molecule has 1 atom stereocenters. The fraction of sp³-hybridized carbons (Fsp3) is 0.786. The van der Waals surface area contributed by atoms with Crippen LogP contribution in [0.1, 0.15) is 57.7 Å². The van der Waals surface area contributed by atoms with Crippen molar-refractivity contribution in [1.29, 1.82) is 0 Å². The standard InChI is InChI=1S/C14H23N3O3/c1-3-6-11-15-12(20-16-11)10-17-9-5-8-14(17,7-4-2)13(18)19/h3-10H2,1-2H3,(H,18,19). The average molecular weight is 281 g/mol. The molecule has 1 aromatic rings. The number of carbonyl (C=O) groups is 1. The number of hydrogen-bond acceptors (Lipinski definition) is 5. The Kier molecular flexibility index (Phi) is 4.75. The lowest BCUT2D eigenvalue weighted by Gasteiger charge is -2.33. The predicted molar refractivity (Wildman–Crippen MR) is 73.2 cm³/mol. The van der Waals surface area contributed by atoms with E-state index in [1.165, 1.54) is 0 Å². The fourth-order valence-electron chi connectivity index (χ4n) is 3.05. The number of aliphatic carboxylic acids is 1. The van der Waals surface area contributed by atoms with Crippen molar-refractivity contribution in [3.8, 4) is 0 Å². The molecule has 20 heavy (non-hydrogen) atoms. The van der Waals surface area contributed by atoms with Crippen molar-refractivity contribution >= 4 is 5.97 Å². The number of hydrogen-bond donors (Lipinski definition) is 1. The van der Waals surface area contributed by atoms with Gasteiger partial charge in [0.05, 0.1) is 6.54 Å². The molecule has 112 valence electrons. The lowest BCUT2D eigenvalue weighted by Crippen LogP contribution is -2.50. The molecule has 0 amide bonds. The van der Waals surface area contributed by atoms with Crippen LogP contribution in [0, 0.1) is 0 Å². The van der Waals surface area contributed by atoms with E-state index in [4.69, 9.17) is 4.52 Å². The Morgan fingerprint density at radius 2 is 2.25 bits per heavy atom. The van der Waals surface area contributed by atoms with Crippen molar-refractivity contribution in [2.75, 3.05) is 6.54 Å². The van der Waals surface area contributed by atoms with E-state index in [2.05, 4.69) is 17.1 Å². The van der Waals surface area contributed by atoms with E-state index in [0.717, 1.165) is 32.2 Å². The minimum Gasteiger partial charge on any atom is -0.480 e. The van der Waals surface area contributed by atoms with E-state index in [-0.39, 0.29) is 0 Å². The predicted octanol–water partition coefficient (Wildman–Crippen LogP) is 2.24. The highest BCUT2D eigenvalue weighted by atomic mass is 16.5. The quantitative estimate of drug-likeness (QED) is 0.825. The summed E-state index contributed by atoms with van der Waals surface area (Å²) in [6, 6.07) is 0. The highest BCUT2D eigenvalue weighted by Crippen LogP contribution is 2.35. The molecule has 1 N–H and O–H groups in total. The molecule has 2 heterocycles. The second-order valence-corrected chi connectivity index (χ2v) is 5.47. The summed E-state index contributed by atoms with van der Waals surface area (Å²) >= 11 is 0. The van der Waals surface area contributed by atoms with E-state index in [9.17, 15) is 9.90 Å². The lowest BCUT2D eigenvalue weighted by molar-refractivity contribution is -0.150. The van der Waals surface area contributed by atoms with E-state index in [1.54, 1.807) is 0 Å². The molecule has 2 rings (SSSR count). The molecule has 0 bridgehead atoms. The third-order valence-corrected chi connectivity index (χ3v) is 4.00. The van der Waals surface area contributed by atoms with E-state index < -0.39 is 11.5 Å². The van der Waals surface area contributed by atoms with Gasteiger partial charge in [0.2, 0.25) is 5.89 Å². The molecule has 1 saturated heterocycles. The van der Waals surface area contributed by atoms with Gasteiger partial charge in [-0.1, -0.05) is 25.4 Å². The number of rotatable bonds is 7. The number of nitrogens with zero attached hydrogens (tertiary/aromatic N) is 3. The van der Waals surface area contributed by atoms with Crippen LogP contribution in [-0.2, 0) is 17.8 Å². The van der Waals surface area contributed by atoms with E-state index in [0.29, 0.717) is 31.1 Å². The summed E-state index contributed by atoms with van der Waals surface area (Å²) in [6.07, 6.45) is 4.89. The summed E-state index contributed by atoms with van der Waals surface area (Å²) in [4.78, 5) is 18.0. The van der Waals surface area contributed by atoms with Crippen LogP contribution >= 0.6 is 0 Å². The Hall–Kier alpha value is -1.43. The molecular formula is C14H23N3O3. The second kappa shape index (κ2) is 6.35. The molecule has 0 aliphatic carbocycles. The smallest absolute Gasteiger partial charge is 0.324 e. The third-order valence-electron chi connectivity index (χ3n) is 4.00. The zero-order valence-corrected chi connectivity index (χ0v) is 12.3.